The van der Waals surface area contributed by atoms with Gasteiger partial charge in [-0.1, -0.05) is 6.92 Å². The molecule has 132 valence electrons. The molecule has 9 nitrogen and oxygen atoms in total. The summed E-state index contributed by atoms with van der Waals surface area (Å²) in [5.74, 6) is -2.69. The summed E-state index contributed by atoms with van der Waals surface area (Å²) in [6.45, 7) is 2.35. The summed E-state index contributed by atoms with van der Waals surface area (Å²) in [5, 5.41) is 58.4. The third kappa shape index (κ3) is 7.75. The Labute approximate surface area is 134 Å². The van der Waals surface area contributed by atoms with Gasteiger partial charge in [0, 0.05) is 19.0 Å². The number of nitrogens with one attached hydrogen (secondary N) is 1. The zero-order valence-corrected chi connectivity index (χ0v) is 13.0. The van der Waals surface area contributed by atoms with E-state index < -0.39 is 24.4 Å². The van der Waals surface area contributed by atoms with E-state index in [-0.39, 0.29) is 25.0 Å². The van der Waals surface area contributed by atoms with E-state index >= 15 is 0 Å². The van der Waals surface area contributed by atoms with Gasteiger partial charge >= 0.3 is 0 Å². The Balaban J connectivity index is 2.51. The monoisotopic (exact) mass is 331 g/mol. The van der Waals surface area contributed by atoms with E-state index in [0.29, 0.717) is 18.7 Å². The van der Waals surface area contributed by atoms with E-state index in [2.05, 4.69) is 15.3 Å². The molecule has 0 spiro atoms. The van der Waals surface area contributed by atoms with Crippen LogP contribution in [0.3, 0.4) is 0 Å². The number of aryl methyl sites for hydroxylation is 1. The molecule has 0 bridgehead atoms. The van der Waals surface area contributed by atoms with Gasteiger partial charge in [-0.15, -0.1) is 0 Å². The molecule has 9 heteroatoms. The van der Waals surface area contributed by atoms with Gasteiger partial charge in [0.1, 0.15) is 12.3 Å². The molecule has 1 rings (SSSR count). The number of hydrogen-bond donors (Lipinski definition) is 7. The highest BCUT2D eigenvalue weighted by Crippen LogP contribution is 2.17. The van der Waals surface area contributed by atoms with Crippen LogP contribution in [0.2, 0.25) is 0 Å². The van der Waals surface area contributed by atoms with E-state index in [9.17, 15) is 15.3 Å². The van der Waals surface area contributed by atoms with Crippen molar-refractivity contribution in [2.45, 2.75) is 57.0 Å². The van der Waals surface area contributed by atoms with Gasteiger partial charge < -0.3 is 30.6 Å². The number of hydrogen-bond acceptors (Lipinski definition) is 9. The molecule has 0 aliphatic rings. The summed E-state index contributed by atoms with van der Waals surface area (Å²) in [6, 6.07) is 0. The molecule has 0 aromatic carbocycles. The predicted molar refractivity (Wildman–Crippen MR) is 79.6 cm³/mol. The summed E-state index contributed by atoms with van der Waals surface area (Å²) >= 11 is 0. The lowest BCUT2D eigenvalue weighted by Crippen LogP contribution is -2.34. The molecular formula is C14H25N3O6. The topological polar surface area (TPSA) is 159 Å². The summed E-state index contributed by atoms with van der Waals surface area (Å²) in [5.41, 5.74) is 0.721. The molecule has 1 aromatic heterocycles. The van der Waals surface area contributed by atoms with Gasteiger partial charge in [0.2, 0.25) is 0 Å². The molecule has 0 fully saturated rings. The molecule has 0 saturated carbocycles. The number of nitrogens with zero attached hydrogens (tertiary/aromatic N) is 2. The fourth-order valence-corrected chi connectivity index (χ4v) is 2.03. The van der Waals surface area contributed by atoms with Crippen molar-refractivity contribution in [3.05, 3.63) is 23.8 Å². The smallest absolute Gasteiger partial charge is 0.275 e. The van der Waals surface area contributed by atoms with Crippen LogP contribution in [-0.4, -0.2) is 65.5 Å². The van der Waals surface area contributed by atoms with Crippen LogP contribution in [0.5, 0.6) is 0 Å². The SMILES string of the molecule is CCNC(O)CC(O)C(O)c1cnc(CCCC(O)(O)O)cn1. The summed E-state index contributed by atoms with van der Waals surface area (Å²) in [4.78, 5) is 8.07. The van der Waals surface area contributed by atoms with Crippen molar-refractivity contribution < 1.29 is 30.6 Å². The number of aliphatic hydroxyl groups excluding tert-OH is 3. The Kier molecular flexibility index (Phi) is 7.92. The molecule has 0 aliphatic carbocycles. The lowest BCUT2D eigenvalue weighted by atomic mass is 10.1. The predicted octanol–water partition coefficient (Wildman–Crippen LogP) is -1.86. The minimum atomic E-state index is -2.69. The standard InChI is InChI=1S/C14H25N3O6/c1-2-15-12(19)6-11(18)13(20)10-8-16-9(7-17-10)4-3-5-14(21,22)23/h7-8,11-13,15,18-23H,2-6H2,1H3. The molecule has 1 heterocycles. The quantitative estimate of drug-likeness (QED) is 0.244. The number of aromatic nitrogens is 2. The first-order chi connectivity index (χ1) is 10.7. The first-order valence-electron chi connectivity index (χ1n) is 7.48. The molecule has 3 unspecified atom stereocenters. The molecule has 23 heavy (non-hydrogen) atoms. The van der Waals surface area contributed by atoms with E-state index in [0.717, 1.165) is 0 Å². The van der Waals surface area contributed by atoms with Gasteiger partial charge in [-0.25, -0.2) is 0 Å². The molecule has 0 saturated heterocycles. The second-order valence-electron chi connectivity index (χ2n) is 5.38. The largest absolute Gasteiger partial charge is 0.390 e. The highest BCUT2D eigenvalue weighted by atomic mass is 16.7. The van der Waals surface area contributed by atoms with Crippen molar-refractivity contribution >= 4 is 0 Å². The van der Waals surface area contributed by atoms with Crippen LogP contribution in [0.1, 0.15) is 43.7 Å². The zero-order chi connectivity index (χ0) is 17.5. The van der Waals surface area contributed by atoms with Crippen molar-refractivity contribution in [2.24, 2.45) is 0 Å². The minimum Gasteiger partial charge on any atom is -0.390 e. The molecule has 0 amide bonds. The number of rotatable bonds is 10. The molecule has 0 aliphatic heterocycles. The lowest BCUT2D eigenvalue weighted by molar-refractivity contribution is -0.314. The highest BCUT2D eigenvalue weighted by Gasteiger charge is 2.23. The normalized spacial score (nSPS) is 16.1. The van der Waals surface area contributed by atoms with E-state index in [1.165, 1.54) is 12.4 Å². The molecule has 3 atom stereocenters. The highest BCUT2D eigenvalue weighted by molar-refractivity contribution is 5.06. The Morgan fingerprint density at radius 2 is 1.83 bits per heavy atom. The van der Waals surface area contributed by atoms with Crippen LogP contribution in [0.25, 0.3) is 0 Å². The summed E-state index contributed by atoms with van der Waals surface area (Å²) < 4.78 is 0. The Bertz CT molecular complexity index is 451. The molecule has 7 N–H and O–H groups in total. The van der Waals surface area contributed by atoms with Crippen LogP contribution in [0.4, 0.5) is 0 Å². The van der Waals surface area contributed by atoms with Gasteiger partial charge in [-0.05, 0) is 19.4 Å². The summed E-state index contributed by atoms with van der Waals surface area (Å²) in [6.07, 6.45) is -0.288. The average molecular weight is 331 g/mol. The van der Waals surface area contributed by atoms with Crippen LogP contribution in [0.15, 0.2) is 12.4 Å². The van der Waals surface area contributed by atoms with Crippen molar-refractivity contribution in [2.75, 3.05) is 6.54 Å². The fourth-order valence-electron chi connectivity index (χ4n) is 2.03. The Hall–Kier alpha value is -1.20. The van der Waals surface area contributed by atoms with Crippen LogP contribution < -0.4 is 5.32 Å². The van der Waals surface area contributed by atoms with Crippen molar-refractivity contribution in [1.29, 1.82) is 0 Å². The average Bonchev–Trinajstić information content (AvgIpc) is 2.46. The summed E-state index contributed by atoms with van der Waals surface area (Å²) in [7, 11) is 0. The van der Waals surface area contributed by atoms with Crippen molar-refractivity contribution in [3.8, 4) is 0 Å². The van der Waals surface area contributed by atoms with E-state index in [1.54, 1.807) is 0 Å². The first-order valence-corrected chi connectivity index (χ1v) is 7.48. The van der Waals surface area contributed by atoms with Gasteiger partial charge in [0.25, 0.3) is 5.97 Å². The zero-order valence-electron chi connectivity index (χ0n) is 13.0. The molecule has 1 aromatic rings. The number of aliphatic hydroxyl groups is 6. The Morgan fingerprint density at radius 1 is 1.13 bits per heavy atom. The third-order valence-corrected chi connectivity index (χ3v) is 3.24. The van der Waals surface area contributed by atoms with E-state index in [1.807, 2.05) is 6.92 Å². The second-order valence-corrected chi connectivity index (χ2v) is 5.38. The maximum atomic E-state index is 9.99. The van der Waals surface area contributed by atoms with Gasteiger partial charge in [0.15, 0.2) is 0 Å². The maximum Gasteiger partial charge on any atom is 0.275 e. The molecular weight excluding hydrogens is 306 g/mol. The van der Waals surface area contributed by atoms with Gasteiger partial charge in [0.05, 0.1) is 23.7 Å². The van der Waals surface area contributed by atoms with Crippen LogP contribution in [-0.2, 0) is 6.42 Å². The van der Waals surface area contributed by atoms with Crippen LogP contribution >= 0.6 is 0 Å². The Morgan fingerprint density at radius 3 is 2.35 bits per heavy atom. The first kappa shape index (κ1) is 19.8. The van der Waals surface area contributed by atoms with E-state index in [4.69, 9.17) is 15.3 Å². The third-order valence-electron chi connectivity index (χ3n) is 3.24. The van der Waals surface area contributed by atoms with Gasteiger partial charge in [-0.3, -0.25) is 15.3 Å². The molecule has 0 radical (unpaired) electrons. The van der Waals surface area contributed by atoms with Crippen molar-refractivity contribution in [1.82, 2.24) is 15.3 Å². The van der Waals surface area contributed by atoms with Gasteiger partial charge in [-0.2, -0.15) is 0 Å². The second kappa shape index (κ2) is 9.18. The maximum absolute atomic E-state index is 9.99. The fraction of sp³-hybridized carbons (Fsp3) is 0.714. The van der Waals surface area contributed by atoms with Crippen LogP contribution in [0, 0.1) is 0 Å². The minimum absolute atomic E-state index is 0.0516. The lowest BCUT2D eigenvalue weighted by Gasteiger charge is -2.20. The van der Waals surface area contributed by atoms with Crippen molar-refractivity contribution in [3.63, 3.8) is 0 Å².